The highest BCUT2D eigenvalue weighted by molar-refractivity contribution is 7.89. The quantitative estimate of drug-likeness (QED) is 0.778. The maximum absolute atomic E-state index is 12.1. The van der Waals surface area contributed by atoms with Crippen molar-refractivity contribution in [3.05, 3.63) is 23.2 Å². The summed E-state index contributed by atoms with van der Waals surface area (Å²) in [6, 6.07) is 1.47. The van der Waals surface area contributed by atoms with E-state index in [0.717, 1.165) is 12.8 Å². The summed E-state index contributed by atoms with van der Waals surface area (Å²) in [5, 5.41) is 2.93. The summed E-state index contributed by atoms with van der Waals surface area (Å²) < 4.78 is 25.8. The zero-order valence-electron chi connectivity index (χ0n) is 12.3. The first-order valence-electron chi connectivity index (χ1n) is 7.19. The lowest BCUT2D eigenvalue weighted by Gasteiger charge is -2.29. The summed E-state index contributed by atoms with van der Waals surface area (Å²) in [4.78, 5) is 19.6. The summed E-state index contributed by atoms with van der Waals surface area (Å²) in [5.41, 5.74) is 0.230. The van der Waals surface area contributed by atoms with Crippen LogP contribution in [0, 0.1) is 0 Å². The Bertz CT molecular complexity index is 630. The average Bonchev–Trinajstić information content (AvgIpc) is 2.49. The van der Waals surface area contributed by atoms with E-state index in [1.807, 2.05) is 0 Å². The summed E-state index contributed by atoms with van der Waals surface area (Å²) in [6.45, 7) is 1.61. The Kier molecular flexibility index (Phi) is 5.71. The smallest absolute Gasteiger partial charge is 0.270 e. The van der Waals surface area contributed by atoms with E-state index in [-0.39, 0.29) is 34.7 Å². The number of hydrogen-bond acceptors (Lipinski definition) is 5. The van der Waals surface area contributed by atoms with Crippen molar-refractivity contribution in [2.45, 2.75) is 44.7 Å². The van der Waals surface area contributed by atoms with Crippen LogP contribution in [0.5, 0.6) is 0 Å². The van der Waals surface area contributed by atoms with Crippen molar-refractivity contribution >= 4 is 27.5 Å². The van der Waals surface area contributed by atoms with E-state index in [9.17, 15) is 13.2 Å². The fraction of sp³-hybridized carbons (Fsp3) is 0.615. The van der Waals surface area contributed by atoms with Crippen LogP contribution in [0.4, 0.5) is 0 Å². The number of halogens is 1. The van der Waals surface area contributed by atoms with Gasteiger partial charge in [-0.3, -0.25) is 4.79 Å². The lowest BCUT2D eigenvalue weighted by atomic mass is 9.92. The number of hydrogen-bond donors (Lipinski definition) is 2. The molecular formula is C13H19ClN4O3S. The molecule has 1 saturated carbocycles. The molecule has 0 aromatic carbocycles. The molecule has 0 unspecified atom stereocenters. The van der Waals surface area contributed by atoms with Crippen LogP contribution in [-0.4, -0.2) is 42.1 Å². The third-order valence-corrected chi connectivity index (χ3v) is 5.28. The van der Waals surface area contributed by atoms with Crippen LogP contribution >= 0.6 is 11.6 Å². The molecule has 0 saturated heterocycles. The van der Waals surface area contributed by atoms with Crippen LogP contribution in [0.2, 0.25) is 5.28 Å². The van der Waals surface area contributed by atoms with Gasteiger partial charge >= 0.3 is 0 Å². The van der Waals surface area contributed by atoms with Crippen LogP contribution in [0.25, 0.3) is 0 Å². The van der Waals surface area contributed by atoms with E-state index in [1.54, 1.807) is 6.92 Å². The molecule has 0 spiro atoms. The molecular weight excluding hydrogens is 328 g/mol. The first kappa shape index (κ1) is 17.1. The Morgan fingerprint density at radius 1 is 1.32 bits per heavy atom. The molecule has 1 heterocycles. The minimum Gasteiger partial charge on any atom is -0.348 e. The van der Waals surface area contributed by atoms with Crippen LogP contribution in [0.1, 0.15) is 43.1 Å². The first-order chi connectivity index (χ1) is 10.4. The third-order valence-electron chi connectivity index (χ3n) is 3.65. The SMILES string of the molecule is CCS(=O)(=O)N[C@H]1CC[C@H](NC(=O)c2ccnc(Cl)n2)CC1. The summed E-state index contributed by atoms with van der Waals surface area (Å²) >= 11 is 5.66. The second kappa shape index (κ2) is 7.34. The van der Waals surface area contributed by atoms with E-state index in [0.29, 0.717) is 12.8 Å². The number of nitrogens with zero attached hydrogens (tertiary/aromatic N) is 2. The van der Waals surface area contributed by atoms with Gasteiger partial charge in [0, 0.05) is 18.3 Å². The van der Waals surface area contributed by atoms with Gasteiger partial charge in [-0.25, -0.2) is 23.1 Å². The summed E-state index contributed by atoms with van der Waals surface area (Å²) in [6.07, 6.45) is 4.28. The Labute approximate surface area is 134 Å². The lowest BCUT2D eigenvalue weighted by Crippen LogP contribution is -2.44. The highest BCUT2D eigenvalue weighted by atomic mass is 35.5. The molecule has 22 heavy (non-hydrogen) atoms. The Balaban J connectivity index is 1.84. The van der Waals surface area contributed by atoms with Gasteiger partial charge in [0.15, 0.2) is 0 Å². The van der Waals surface area contributed by atoms with Gasteiger partial charge in [-0.1, -0.05) is 0 Å². The zero-order valence-corrected chi connectivity index (χ0v) is 13.8. The van der Waals surface area contributed by atoms with E-state index < -0.39 is 10.0 Å². The van der Waals surface area contributed by atoms with Gasteiger partial charge in [0.1, 0.15) is 5.69 Å². The van der Waals surface area contributed by atoms with E-state index >= 15 is 0 Å². The number of carbonyl (C=O) groups excluding carboxylic acids is 1. The van der Waals surface area contributed by atoms with Crippen LogP contribution in [-0.2, 0) is 10.0 Å². The fourth-order valence-electron chi connectivity index (χ4n) is 2.41. The van der Waals surface area contributed by atoms with Gasteiger partial charge in [-0.05, 0) is 50.3 Å². The van der Waals surface area contributed by atoms with Gasteiger partial charge in [-0.15, -0.1) is 0 Å². The molecule has 9 heteroatoms. The van der Waals surface area contributed by atoms with Crippen molar-refractivity contribution in [2.75, 3.05) is 5.75 Å². The van der Waals surface area contributed by atoms with Gasteiger partial charge in [0.25, 0.3) is 5.91 Å². The Morgan fingerprint density at radius 3 is 2.55 bits per heavy atom. The molecule has 2 N–H and O–H groups in total. The monoisotopic (exact) mass is 346 g/mol. The molecule has 0 radical (unpaired) electrons. The predicted molar refractivity (Wildman–Crippen MR) is 83.1 cm³/mol. The normalized spacial score (nSPS) is 22.3. The Hall–Kier alpha value is -1.25. The number of amides is 1. The molecule has 1 amide bonds. The summed E-state index contributed by atoms with van der Waals surface area (Å²) in [5.74, 6) is -0.208. The fourth-order valence-corrected chi connectivity index (χ4v) is 3.47. The van der Waals surface area contributed by atoms with Crippen molar-refractivity contribution in [1.29, 1.82) is 0 Å². The highest BCUT2D eigenvalue weighted by Crippen LogP contribution is 2.19. The lowest BCUT2D eigenvalue weighted by molar-refractivity contribution is 0.0920. The molecule has 1 aromatic rings. The second-order valence-corrected chi connectivity index (χ2v) is 7.63. The minimum absolute atomic E-state index is 0.0172. The molecule has 1 aromatic heterocycles. The summed E-state index contributed by atoms with van der Waals surface area (Å²) in [7, 11) is -3.18. The van der Waals surface area contributed by atoms with E-state index in [1.165, 1.54) is 12.3 Å². The maximum Gasteiger partial charge on any atom is 0.270 e. The van der Waals surface area contributed by atoms with Gasteiger partial charge in [-0.2, -0.15) is 0 Å². The molecule has 0 aliphatic heterocycles. The van der Waals surface area contributed by atoms with Crippen molar-refractivity contribution in [3.63, 3.8) is 0 Å². The molecule has 2 rings (SSSR count). The van der Waals surface area contributed by atoms with Crippen molar-refractivity contribution in [2.24, 2.45) is 0 Å². The predicted octanol–water partition coefficient (Wildman–Crippen LogP) is 1.11. The van der Waals surface area contributed by atoms with Crippen LogP contribution in [0.15, 0.2) is 12.3 Å². The van der Waals surface area contributed by atoms with Crippen LogP contribution in [0.3, 0.4) is 0 Å². The molecule has 1 fully saturated rings. The third kappa shape index (κ3) is 4.89. The average molecular weight is 347 g/mol. The van der Waals surface area contributed by atoms with Gasteiger partial charge < -0.3 is 5.32 Å². The molecule has 122 valence electrons. The second-order valence-electron chi connectivity index (χ2n) is 5.25. The largest absolute Gasteiger partial charge is 0.348 e. The maximum atomic E-state index is 12.1. The molecule has 0 atom stereocenters. The van der Waals surface area contributed by atoms with Crippen LogP contribution < -0.4 is 10.0 Å². The number of aromatic nitrogens is 2. The standard InChI is InChI=1S/C13H19ClN4O3S/c1-2-22(20,21)18-10-5-3-9(4-6-10)16-12(19)11-7-8-15-13(14)17-11/h7-10,18H,2-6H2,1H3,(H,16,19)/t9-,10-. The van der Waals surface area contributed by atoms with Crippen molar-refractivity contribution in [1.82, 2.24) is 20.0 Å². The van der Waals surface area contributed by atoms with Crippen molar-refractivity contribution in [3.8, 4) is 0 Å². The first-order valence-corrected chi connectivity index (χ1v) is 9.22. The number of sulfonamides is 1. The van der Waals surface area contributed by atoms with E-state index in [4.69, 9.17) is 11.6 Å². The number of rotatable bonds is 5. The molecule has 0 bridgehead atoms. The minimum atomic E-state index is -3.18. The van der Waals surface area contributed by atoms with Gasteiger partial charge in [0.05, 0.1) is 5.75 Å². The topological polar surface area (TPSA) is 101 Å². The van der Waals surface area contributed by atoms with E-state index in [2.05, 4.69) is 20.0 Å². The number of carbonyl (C=O) groups is 1. The zero-order chi connectivity index (χ0) is 16.2. The number of nitrogens with one attached hydrogen (secondary N) is 2. The molecule has 7 nitrogen and oxygen atoms in total. The molecule has 1 aliphatic rings. The van der Waals surface area contributed by atoms with Crippen molar-refractivity contribution < 1.29 is 13.2 Å². The molecule has 1 aliphatic carbocycles. The highest BCUT2D eigenvalue weighted by Gasteiger charge is 2.25. The Morgan fingerprint density at radius 2 is 1.95 bits per heavy atom. The van der Waals surface area contributed by atoms with Gasteiger partial charge in [0.2, 0.25) is 15.3 Å².